The maximum absolute atomic E-state index is 12.3. The van der Waals surface area contributed by atoms with Crippen molar-refractivity contribution in [2.75, 3.05) is 0 Å². The highest BCUT2D eigenvalue weighted by Crippen LogP contribution is 2.20. The van der Waals surface area contributed by atoms with Crippen LogP contribution in [-0.4, -0.2) is 22.0 Å². The van der Waals surface area contributed by atoms with Crippen molar-refractivity contribution in [3.05, 3.63) is 49.9 Å². The molecule has 1 amide bonds. The Balaban J connectivity index is 2.14. The molecular weight excluding hydrogens is 356 g/mol. The fourth-order valence-corrected chi connectivity index (χ4v) is 2.92. The summed E-state index contributed by atoms with van der Waals surface area (Å²) in [6, 6.07) is 5.13. The zero-order valence-corrected chi connectivity index (χ0v) is 13.8. The van der Waals surface area contributed by atoms with Crippen LogP contribution in [0.2, 0.25) is 0 Å². The van der Waals surface area contributed by atoms with E-state index in [1.807, 2.05) is 19.1 Å². The Morgan fingerprint density at radius 2 is 2.14 bits per heavy atom. The molecule has 2 rings (SSSR count). The van der Waals surface area contributed by atoms with E-state index < -0.39 is 5.97 Å². The maximum atomic E-state index is 12.3. The molecule has 2 N–H and O–H groups in total. The quantitative estimate of drug-likeness (QED) is 0.866. The Hall–Kier alpha value is -1.73. The highest BCUT2D eigenvalue weighted by Gasteiger charge is 2.17. The number of aryl methyl sites for hydroxylation is 1. The number of carbonyl (C=O) groups is 2. The van der Waals surface area contributed by atoms with Gasteiger partial charge in [0.1, 0.15) is 5.01 Å². The third-order valence-electron chi connectivity index (χ3n) is 2.90. The average molecular weight is 369 g/mol. The van der Waals surface area contributed by atoms with Crippen molar-refractivity contribution in [2.45, 2.75) is 19.9 Å². The average Bonchev–Trinajstić information content (AvgIpc) is 2.91. The molecule has 21 heavy (non-hydrogen) atoms. The van der Waals surface area contributed by atoms with Gasteiger partial charge in [-0.25, -0.2) is 9.78 Å². The van der Waals surface area contributed by atoms with Crippen LogP contribution >= 0.6 is 27.3 Å². The number of nitrogens with one attached hydrogen (secondary N) is 1. The minimum atomic E-state index is -1.07. The third-order valence-corrected chi connectivity index (χ3v) is 4.42. The Labute approximate surface area is 134 Å². The molecule has 0 radical (unpaired) electrons. The van der Waals surface area contributed by atoms with Gasteiger partial charge in [0.25, 0.3) is 5.91 Å². The number of carboxylic acids is 1. The number of thiazole rings is 1. The summed E-state index contributed by atoms with van der Waals surface area (Å²) < 4.78 is 0.827. The molecule has 5 nitrogen and oxygen atoms in total. The Bertz CT molecular complexity index is 699. The number of nitrogens with zero attached hydrogens (tertiary/aromatic N) is 1. The van der Waals surface area contributed by atoms with Gasteiger partial charge in [-0.2, -0.15) is 0 Å². The van der Waals surface area contributed by atoms with Gasteiger partial charge in [0.05, 0.1) is 6.04 Å². The molecule has 0 saturated carbocycles. The van der Waals surface area contributed by atoms with Crippen LogP contribution in [0.5, 0.6) is 0 Å². The van der Waals surface area contributed by atoms with Gasteiger partial charge < -0.3 is 10.4 Å². The van der Waals surface area contributed by atoms with Crippen LogP contribution < -0.4 is 5.32 Å². The third kappa shape index (κ3) is 3.68. The van der Waals surface area contributed by atoms with Crippen LogP contribution in [-0.2, 0) is 0 Å². The second-order valence-corrected chi connectivity index (χ2v) is 6.34. The molecule has 1 atom stereocenters. The number of hydrogen-bond acceptors (Lipinski definition) is 4. The second-order valence-electron chi connectivity index (χ2n) is 4.53. The topological polar surface area (TPSA) is 79.3 Å². The van der Waals surface area contributed by atoms with E-state index in [9.17, 15) is 9.59 Å². The minimum Gasteiger partial charge on any atom is -0.476 e. The predicted molar refractivity (Wildman–Crippen MR) is 83.8 cm³/mol. The number of hydrogen-bond donors (Lipinski definition) is 2. The Kier molecular flexibility index (Phi) is 4.74. The molecule has 2 aromatic rings. The summed E-state index contributed by atoms with van der Waals surface area (Å²) >= 11 is 4.55. The van der Waals surface area contributed by atoms with Crippen molar-refractivity contribution < 1.29 is 14.7 Å². The van der Waals surface area contributed by atoms with E-state index in [4.69, 9.17) is 5.11 Å². The van der Waals surface area contributed by atoms with Gasteiger partial charge in [-0.3, -0.25) is 4.79 Å². The van der Waals surface area contributed by atoms with Crippen LogP contribution in [0.15, 0.2) is 28.1 Å². The number of aromatic carboxylic acids is 1. The van der Waals surface area contributed by atoms with Crippen molar-refractivity contribution in [3.8, 4) is 0 Å². The lowest BCUT2D eigenvalue weighted by atomic mass is 10.1. The molecule has 0 aliphatic rings. The van der Waals surface area contributed by atoms with Gasteiger partial charge in [0, 0.05) is 15.4 Å². The number of halogens is 1. The summed E-state index contributed by atoms with van der Waals surface area (Å²) in [5, 5.41) is 13.7. The molecule has 0 aliphatic carbocycles. The molecule has 0 spiro atoms. The summed E-state index contributed by atoms with van der Waals surface area (Å²) in [7, 11) is 0. The number of aromatic nitrogens is 1. The van der Waals surface area contributed by atoms with Crippen molar-refractivity contribution in [1.29, 1.82) is 0 Å². The zero-order valence-electron chi connectivity index (χ0n) is 11.4. The van der Waals surface area contributed by atoms with Crippen LogP contribution in [0.25, 0.3) is 0 Å². The molecular formula is C14H13BrN2O3S. The second kappa shape index (κ2) is 6.36. The van der Waals surface area contributed by atoms with Gasteiger partial charge in [0.15, 0.2) is 5.69 Å². The van der Waals surface area contributed by atoms with Gasteiger partial charge in [-0.05, 0) is 31.5 Å². The summed E-state index contributed by atoms with van der Waals surface area (Å²) in [4.78, 5) is 27.1. The first-order valence-electron chi connectivity index (χ1n) is 6.14. The van der Waals surface area contributed by atoms with E-state index in [1.165, 1.54) is 16.7 Å². The van der Waals surface area contributed by atoms with Crippen molar-refractivity contribution in [1.82, 2.24) is 10.3 Å². The van der Waals surface area contributed by atoms with Crippen LogP contribution in [0.4, 0.5) is 0 Å². The van der Waals surface area contributed by atoms with Crippen LogP contribution in [0.3, 0.4) is 0 Å². The monoisotopic (exact) mass is 368 g/mol. The molecule has 110 valence electrons. The number of benzene rings is 1. The minimum absolute atomic E-state index is 0.00487. The standard InChI is InChI=1S/C14H13BrN2O3S/c1-7-3-4-9(15)5-10(7)12(18)16-8(2)13-17-11(6-21-13)14(19)20/h3-6,8H,1-2H3,(H,16,18)(H,19,20). The number of rotatable bonds is 4. The highest BCUT2D eigenvalue weighted by molar-refractivity contribution is 9.10. The maximum Gasteiger partial charge on any atom is 0.355 e. The molecule has 1 heterocycles. The van der Waals surface area contributed by atoms with Crippen LogP contribution in [0.1, 0.15) is 44.4 Å². The van der Waals surface area contributed by atoms with Crippen molar-refractivity contribution >= 4 is 39.1 Å². The first-order chi connectivity index (χ1) is 9.88. The lowest BCUT2D eigenvalue weighted by Gasteiger charge is -2.13. The molecule has 1 aromatic heterocycles. The lowest BCUT2D eigenvalue weighted by molar-refractivity contribution is 0.0691. The number of carboxylic acid groups (broad SMARTS) is 1. The van der Waals surface area contributed by atoms with E-state index >= 15 is 0 Å². The van der Waals surface area contributed by atoms with Crippen molar-refractivity contribution in [2.24, 2.45) is 0 Å². The van der Waals surface area contributed by atoms with Gasteiger partial charge >= 0.3 is 5.97 Å². The van der Waals surface area contributed by atoms with E-state index in [2.05, 4.69) is 26.2 Å². The molecule has 0 aliphatic heterocycles. The van der Waals surface area contributed by atoms with E-state index in [0.717, 1.165) is 10.0 Å². The van der Waals surface area contributed by atoms with Gasteiger partial charge in [-0.15, -0.1) is 11.3 Å². The van der Waals surface area contributed by atoms with E-state index in [0.29, 0.717) is 10.6 Å². The zero-order chi connectivity index (χ0) is 15.6. The Morgan fingerprint density at radius 1 is 1.43 bits per heavy atom. The number of carbonyl (C=O) groups excluding carboxylic acids is 1. The summed E-state index contributed by atoms with van der Waals surface area (Å²) in [5.74, 6) is -1.28. The highest BCUT2D eigenvalue weighted by atomic mass is 79.9. The largest absolute Gasteiger partial charge is 0.476 e. The SMILES string of the molecule is Cc1ccc(Br)cc1C(=O)NC(C)c1nc(C(=O)O)cs1. The molecule has 0 fully saturated rings. The molecule has 1 unspecified atom stereocenters. The molecule has 0 saturated heterocycles. The summed E-state index contributed by atoms with van der Waals surface area (Å²) in [6.07, 6.45) is 0. The fourth-order valence-electron chi connectivity index (χ4n) is 1.76. The fraction of sp³-hybridized carbons (Fsp3) is 0.214. The first kappa shape index (κ1) is 15.7. The van der Waals surface area contributed by atoms with Gasteiger partial charge in [-0.1, -0.05) is 22.0 Å². The smallest absolute Gasteiger partial charge is 0.355 e. The van der Waals surface area contributed by atoms with E-state index in [-0.39, 0.29) is 17.6 Å². The normalized spacial score (nSPS) is 12.0. The summed E-state index contributed by atoms with van der Waals surface area (Å²) in [6.45, 7) is 3.63. The Morgan fingerprint density at radius 3 is 2.76 bits per heavy atom. The van der Waals surface area contributed by atoms with Crippen molar-refractivity contribution in [3.63, 3.8) is 0 Å². The molecule has 0 bridgehead atoms. The predicted octanol–water partition coefficient (Wildman–Crippen LogP) is 3.40. The first-order valence-corrected chi connectivity index (χ1v) is 7.81. The lowest BCUT2D eigenvalue weighted by Crippen LogP contribution is -2.27. The molecule has 1 aromatic carbocycles. The summed E-state index contributed by atoms with van der Waals surface area (Å²) in [5.41, 5.74) is 1.44. The molecule has 7 heteroatoms. The number of amides is 1. The van der Waals surface area contributed by atoms with E-state index in [1.54, 1.807) is 13.0 Å². The van der Waals surface area contributed by atoms with Crippen LogP contribution in [0, 0.1) is 6.92 Å². The van der Waals surface area contributed by atoms with Gasteiger partial charge in [0.2, 0.25) is 0 Å².